The standard InChI is InChI=1S/C16H30N2O2/c1-12(2)18-9-7-13(8-10-18)15(16(19)20-3)11-17-14-5-4-6-14/h12-15,17H,4-11H2,1-3H3. The van der Waals surface area contributed by atoms with Crippen LogP contribution in [0.25, 0.3) is 0 Å². The number of piperidine rings is 1. The van der Waals surface area contributed by atoms with Crippen LogP contribution in [-0.4, -0.2) is 49.7 Å². The Morgan fingerprint density at radius 2 is 1.90 bits per heavy atom. The number of carbonyl (C=O) groups is 1. The highest BCUT2D eigenvalue weighted by molar-refractivity contribution is 5.73. The molecule has 1 aliphatic carbocycles. The normalized spacial score (nSPS) is 23.6. The van der Waals surface area contributed by atoms with E-state index in [0.717, 1.165) is 32.5 Å². The molecule has 0 aromatic heterocycles. The molecule has 1 atom stereocenters. The molecule has 4 nitrogen and oxygen atoms in total. The van der Waals surface area contributed by atoms with Crippen molar-refractivity contribution in [1.82, 2.24) is 10.2 Å². The first-order chi connectivity index (χ1) is 9.61. The van der Waals surface area contributed by atoms with Crippen LogP contribution in [0.15, 0.2) is 0 Å². The molecular formula is C16H30N2O2. The van der Waals surface area contributed by atoms with Gasteiger partial charge in [-0.2, -0.15) is 0 Å². The number of hydrogen-bond acceptors (Lipinski definition) is 4. The second kappa shape index (κ2) is 7.41. The quantitative estimate of drug-likeness (QED) is 0.757. The van der Waals surface area contributed by atoms with Gasteiger partial charge in [-0.3, -0.25) is 4.79 Å². The first-order valence-electron chi connectivity index (χ1n) is 8.17. The summed E-state index contributed by atoms with van der Waals surface area (Å²) in [5, 5.41) is 3.55. The minimum absolute atomic E-state index is 0.0279. The minimum Gasteiger partial charge on any atom is -0.469 e. The Labute approximate surface area is 123 Å². The van der Waals surface area contributed by atoms with E-state index in [-0.39, 0.29) is 11.9 Å². The van der Waals surface area contributed by atoms with Gasteiger partial charge in [-0.15, -0.1) is 0 Å². The molecular weight excluding hydrogens is 252 g/mol. The zero-order chi connectivity index (χ0) is 14.5. The van der Waals surface area contributed by atoms with Gasteiger partial charge in [-0.1, -0.05) is 6.42 Å². The van der Waals surface area contributed by atoms with Crippen molar-refractivity contribution >= 4 is 5.97 Å². The predicted octanol–water partition coefficient (Wildman–Crippen LogP) is 2.04. The van der Waals surface area contributed by atoms with Crippen molar-refractivity contribution in [2.75, 3.05) is 26.7 Å². The van der Waals surface area contributed by atoms with E-state index in [0.29, 0.717) is 18.0 Å². The van der Waals surface area contributed by atoms with Gasteiger partial charge in [0.25, 0.3) is 0 Å². The van der Waals surface area contributed by atoms with Gasteiger partial charge >= 0.3 is 5.97 Å². The van der Waals surface area contributed by atoms with Gasteiger partial charge in [0.05, 0.1) is 13.0 Å². The summed E-state index contributed by atoms with van der Waals surface area (Å²) in [6.07, 6.45) is 6.08. The van der Waals surface area contributed by atoms with E-state index in [9.17, 15) is 4.79 Å². The van der Waals surface area contributed by atoms with Crippen LogP contribution in [-0.2, 0) is 9.53 Å². The number of carbonyl (C=O) groups excluding carboxylic acids is 1. The van der Waals surface area contributed by atoms with Gasteiger partial charge in [0.15, 0.2) is 0 Å². The molecule has 0 amide bonds. The highest BCUT2D eigenvalue weighted by Crippen LogP contribution is 2.27. The van der Waals surface area contributed by atoms with Gasteiger partial charge < -0.3 is 15.0 Å². The molecule has 1 unspecified atom stereocenters. The minimum atomic E-state index is -0.0279. The molecule has 2 rings (SSSR count). The van der Waals surface area contributed by atoms with Gasteiger partial charge in [0.1, 0.15) is 0 Å². The zero-order valence-electron chi connectivity index (χ0n) is 13.2. The number of esters is 1. The molecule has 0 aromatic carbocycles. The molecule has 1 saturated carbocycles. The average molecular weight is 282 g/mol. The highest BCUT2D eigenvalue weighted by atomic mass is 16.5. The molecule has 116 valence electrons. The lowest BCUT2D eigenvalue weighted by Gasteiger charge is -2.38. The lowest BCUT2D eigenvalue weighted by atomic mass is 9.83. The summed E-state index contributed by atoms with van der Waals surface area (Å²) in [4.78, 5) is 14.6. The lowest BCUT2D eigenvalue weighted by molar-refractivity contribution is -0.148. The molecule has 1 saturated heterocycles. The molecule has 4 heteroatoms. The van der Waals surface area contributed by atoms with E-state index in [4.69, 9.17) is 4.74 Å². The Balaban J connectivity index is 1.84. The van der Waals surface area contributed by atoms with Crippen molar-refractivity contribution in [2.24, 2.45) is 11.8 Å². The molecule has 1 aliphatic heterocycles. The Morgan fingerprint density at radius 3 is 2.35 bits per heavy atom. The van der Waals surface area contributed by atoms with Crippen molar-refractivity contribution in [3.63, 3.8) is 0 Å². The number of methoxy groups -OCH3 is 1. The van der Waals surface area contributed by atoms with Gasteiger partial charge in [-0.25, -0.2) is 0 Å². The van der Waals surface area contributed by atoms with Crippen LogP contribution in [0.3, 0.4) is 0 Å². The molecule has 1 N–H and O–H groups in total. The topological polar surface area (TPSA) is 41.6 Å². The van der Waals surface area contributed by atoms with Crippen molar-refractivity contribution in [3.05, 3.63) is 0 Å². The van der Waals surface area contributed by atoms with Crippen LogP contribution < -0.4 is 5.32 Å². The summed E-state index contributed by atoms with van der Waals surface area (Å²) >= 11 is 0. The molecule has 0 aromatic rings. The highest BCUT2D eigenvalue weighted by Gasteiger charge is 2.33. The summed E-state index contributed by atoms with van der Waals surface area (Å²) in [5.41, 5.74) is 0. The number of rotatable bonds is 6. The van der Waals surface area contributed by atoms with Crippen molar-refractivity contribution in [1.29, 1.82) is 0 Å². The molecule has 0 spiro atoms. The van der Waals surface area contributed by atoms with Crippen molar-refractivity contribution in [2.45, 2.75) is 58.0 Å². The smallest absolute Gasteiger partial charge is 0.310 e. The van der Waals surface area contributed by atoms with E-state index in [1.54, 1.807) is 0 Å². The molecule has 2 aliphatic rings. The Morgan fingerprint density at radius 1 is 1.25 bits per heavy atom. The van der Waals surface area contributed by atoms with E-state index in [1.807, 2.05) is 0 Å². The van der Waals surface area contributed by atoms with Crippen molar-refractivity contribution < 1.29 is 9.53 Å². The maximum absolute atomic E-state index is 12.1. The monoisotopic (exact) mass is 282 g/mol. The van der Waals surface area contributed by atoms with Crippen molar-refractivity contribution in [3.8, 4) is 0 Å². The number of ether oxygens (including phenoxy) is 1. The average Bonchev–Trinajstić information content (AvgIpc) is 2.41. The second-order valence-electron chi connectivity index (χ2n) is 6.63. The summed E-state index contributed by atoms with van der Waals surface area (Å²) < 4.78 is 5.03. The second-order valence-corrected chi connectivity index (χ2v) is 6.63. The third-order valence-corrected chi connectivity index (χ3v) is 5.11. The summed E-state index contributed by atoms with van der Waals surface area (Å²) in [6, 6.07) is 1.25. The van der Waals surface area contributed by atoms with Crippen LogP contribution in [0.2, 0.25) is 0 Å². The third-order valence-electron chi connectivity index (χ3n) is 5.11. The maximum atomic E-state index is 12.1. The maximum Gasteiger partial charge on any atom is 0.310 e. The largest absolute Gasteiger partial charge is 0.469 e. The van der Waals surface area contributed by atoms with Gasteiger partial charge in [0.2, 0.25) is 0 Å². The lowest BCUT2D eigenvalue weighted by Crippen LogP contribution is -2.46. The Kier molecular flexibility index (Phi) is 5.85. The zero-order valence-corrected chi connectivity index (χ0v) is 13.2. The van der Waals surface area contributed by atoms with Crippen LogP contribution in [0.5, 0.6) is 0 Å². The Bertz CT molecular complexity index is 308. The SMILES string of the molecule is COC(=O)C(CNC1CCC1)C1CCN(C(C)C)CC1. The number of nitrogens with one attached hydrogen (secondary N) is 1. The molecule has 0 radical (unpaired) electrons. The van der Waals surface area contributed by atoms with E-state index in [1.165, 1.54) is 26.4 Å². The number of likely N-dealkylation sites (tertiary alicyclic amines) is 1. The fraction of sp³-hybridized carbons (Fsp3) is 0.938. The fourth-order valence-corrected chi connectivity index (χ4v) is 3.34. The molecule has 2 fully saturated rings. The number of nitrogens with zero attached hydrogens (tertiary/aromatic N) is 1. The van der Waals surface area contributed by atoms with Crippen LogP contribution in [0.1, 0.15) is 46.0 Å². The fourth-order valence-electron chi connectivity index (χ4n) is 3.34. The van der Waals surface area contributed by atoms with Crippen LogP contribution >= 0.6 is 0 Å². The molecule has 1 heterocycles. The van der Waals surface area contributed by atoms with Gasteiger partial charge in [0, 0.05) is 18.6 Å². The van der Waals surface area contributed by atoms with E-state index in [2.05, 4.69) is 24.1 Å². The summed E-state index contributed by atoms with van der Waals surface area (Å²) in [5.74, 6) is 0.486. The molecule has 0 bridgehead atoms. The van der Waals surface area contributed by atoms with E-state index < -0.39 is 0 Å². The first kappa shape index (κ1) is 15.8. The van der Waals surface area contributed by atoms with Crippen LogP contribution in [0.4, 0.5) is 0 Å². The first-order valence-corrected chi connectivity index (χ1v) is 8.17. The number of hydrogen-bond donors (Lipinski definition) is 1. The predicted molar refractivity (Wildman–Crippen MR) is 80.6 cm³/mol. The Hall–Kier alpha value is -0.610. The van der Waals surface area contributed by atoms with E-state index >= 15 is 0 Å². The molecule has 20 heavy (non-hydrogen) atoms. The summed E-state index contributed by atoms with van der Waals surface area (Å²) in [7, 11) is 1.52. The van der Waals surface area contributed by atoms with Crippen LogP contribution in [0, 0.1) is 11.8 Å². The third kappa shape index (κ3) is 3.95. The summed E-state index contributed by atoms with van der Waals surface area (Å²) in [6.45, 7) is 7.51. The van der Waals surface area contributed by atoms with Gasteiger partial charge in [-0.05, 0) is 58.5 Å².